The molecule has 4 aromatic carbocycles. The summed E-state index contributed by atoms with van der Waals surface area (Å²) in [6.07, 6.45) is -0.822. The van der Waals surface area contributed by atoms with Gasteiger partial charge in [-0.1, -0.05) is 72.8 Å². The number of aromatic carboxylic acids is 1. The number of ether oxygens (including phenoxy) is 1. The van der Waals surface area contributed by atoms with Crippen LogP contribution in [0, 0.1) is 6.92 Å². The molecule has 0 bridgehead atoms. The predicted octanol–water partition coefficient (Wildman–Crippen LogP) is 8.34. The van der Waals surface area contributed by atoms with Crippen molar-refractivity contribution < 1.29 is 23.5 Å². The third-order valence-corrected chi connectivity index (χ3v) is 13.3. The third-order valence-electron chi connectivity index (χ3n) is 12.9. The number of hydrogen-bond acceptors (Lipinski definition) is 9. The lowest BCUT2D eigenvalue weighted by Gasteiger charge is -2.29. The first-order valence-corrected chi connectivity index (χ1v) is 22.6. The summed E-state index contributed by atoms with van der Waals surface area (Å²) < 4.78 is 27.9. The van der Waals surface area contributed by atoms with Crippen LogP contribution in [-0.2, 0) is 28.2 Å². The van der Waals surface area contributed by atoms with Crippen LogP contribution in [0.5, 0.6) is 5.75 Å². The molecule has 0 saturated carbocycles. The molecule has 17 heteroatoms. The number of aromatic nitrogens is 6. The molecule has 2 atom stereocenters. The molecule has 8 heterocycles. The number of carboxylic acid groups (broad SMARTS) is 1. The highest BCUT2D eigenvalue weighted by molar-refractivity contribution is 9.10. The fourth-order valence-electron chi connectivity index (χ4n) is 9.74. The number of nitrogens with one attached hydrogen (secondary N) is 1. The van der Waals surface area contributed by atoms with E-state index in [4.69, 9.17) is 13.6 Å². The van der Waals surface area contributed by atoms with Gasteiger partial charge in [-0.25, -0.2) is 14.4 Å². The van der Waals surface area contributed by atoms with E-state index < -0.39 is 23.3 Å². The molecule has 2 N–H and O–H groups in total. The Labute approximate surface area is 398 Å². The molecule has 6 aromatic heterocycles. The van der Waals surface area contributed by atoms with Gasteiger partial charge in [0.05, 0.1) is 67.2 Å². The van der Waals surface area contributed by atoms with Crippen LogP contribution < -0.4 is 32.6 Å². The van der Waals surface area contributed by atoms with Crippen LogP contribution in [-0.4, -0.2) is 38.5 Å². The van der Waals surface area contributed by atoms with Crippen molar-refractivity contribution in [2.24, 2.45) is 28.2 Å². The Balaban J connectivity index is 0.000000151. The highest BCUT2D eigenvalue weighted by Crippen LogP contribution is 2.48. The van der Waals surface area contributed by atoms with E-state index in [9.17, 15) is 29.1 Å². The van der Waals surface area contributed by atoms with Crippen LogP contribution in [0.3, 0.4) is 0 Å². The fraction of sp³-hybridized carbons (Fsp3) is 0.135. The van der Waals surface area contributed by atoms with Gasteiger partial charge in [0.1, 0.15) is 23.3 Å². The molecule has 12 rings (SSSR count). The maximum atomic E-state index is 13.6. The quantitative estimate of drug-likeness (QED) is 0.170. The molecule has 0 spiro atoms. The largest absolute Gasteiger partial charge is 0.478 e. The number of halogens is 1. The highest BCUT2D eigenvalue weighted by Gasteiger charge is 2.39. The van der Waals surface area contributed by atoms with Gasteiger partial charge in [0.2, 0.25) is 0 Å². The van der Waals surface area contributed by atoms with Crippen molar-refractivity contribution in [1.29, 1.82) is 0 Å². The number of nitrogens with zero attached hydrogens (tertiary/aromatic N) is 6. The maximum absolute atomic E-state index is 13.6. The van der Waals surface area contributed by atoms with E-state index in [1.165, 1.54) is 35.4 Å². The van der Waals surface area contributed by atoms with Gasteiger partial charge in [0.15, 0.2) is 16.5 Å². The Morgan fingerprint density at radius 1 is 0.609 bits per heavy atom. The number of fused-ring (bicyclic) bond motifs is 10. The number of hydrogen-bond donors (Lipinski definition) is 2. The van der Waals surface area contributed by atoms with Gasteiger partial charge in [-0.15, -0.1) is 0 Å². The molecule has 2 aliphatic rings. The average molecular weight is 987 g/mol. The Hall–Kier alpha value is -8.57. The minimum absolute atomic E-state index is 0.0565. The van der Waals surface area contributed by atoms with E-state index in [-0.39, 0.29) is 22.9 Å². The van der Waals surface area contributed by atoms with Crippen molar-refractivity contribution in [1.82, 2.24) is 27.4 Å². The first-order chi connectivity index (χ1) is 33.2. The van der Waals surface area contributed by atoms with Crippen LogP contribution in [0.4, 0.5) is 5.69 Å². The zero-order valence-corrected chi connectivity index (χ0v) is 39.1. The summed E-state index contributed by atoms with van der Waals surface area (Å²) in [5.41, 5.74) is 5.86. The lowest BCUT2D eigenvalue weighted by molar-refractivity contribution is 0.0696. The highest BCUT2D eigenvalue weighted by atomic mass is 79.9. The average Bonchev–Trinajstić information content (AvgIpc) is 4.17. The van der Waals surface area contributed by atoms with Crippen LogP contribution in [0.1, 0.15) is 51.2 Å². The lowest BCUT2D eigenvalue weighted by atomic mass is 10.1. The van der Waals surface area contributed by atoms with Crippen LogP contribution in [0.2, 0.25) is 0 Å². The number of aryl methyl sites for hydroxylation is 3. The van der Waals surface area contributed by atoms with Gasteiger partial charge in [-0.2, -0.15) is 0 Å². The summed E-state index contributed by atoms with van der Waals surface area (Å²) in [5, 5.41) is 14.1. The molecular weight excluding hydrogens is 947 g/mol. The topological polar surface area (TPSA) is 183 Å². The second-order valence-corrected chi connectivity index (χ2v) is 17.7. The van der Waals surface area contributed by atoms with E-state index in [2.05, 4.69) is 25.8 Å². The monoisotopic (exact) mass is 985 g/mol. The molecule has 0 saturated heterocycles. The van der Waals surface area contributed by atoms with Crippen LogP contribution in [0.15, 0.2) is 160 Å². The second kappa shape index (κ2) is 16.1. The zero-order chi connectivity index (χ0) is 48.2. The second-order valence-electron chi connectivity index (χ2n) is 16.9. The Morgan fingerprint density at radius 2 is 1.16 bits per heavy atom. The van der Waals surface area contributed by atoms with Crippen molar-refractivity contribution in [3.63, 3.8) is 0 Å². The standard InChI is InChI=1S/C26H18BrN3O6.C26H22N4O3/c1-28-21-19(24(31)29(2)26(28)34)20(13-6-4-3-5-7-13)30-15-12-14(25(32)33)8-9-16(15)36-23(22(21)30)17-10-11-18(27)35-17;1-15-13-14-19(33-15)21-24-23-20(25(31)29(3)26(32)28(23)2)22(16-9-5-4-6-10-16)30(24)18-12-8-7-11-17(18)27-21/h3-12,23H,1-2H3,(H,32,33);4-14,21,27H,1-3H3. The first kappa shape index (κ1) is 43.0. The number of benzene rings is 4. The zero-order valence-electron chi connectivity index (χ0n) is 37.6. The number of carboxylic acids is 1. The van der Waals surface area contributed by atoms with Crippen LogP contribution in [0.25, 0.3) is 55.7 Å². The van der Waals surface area contributed by atoms with Crippen LogP contribution >= 0.6 is 15.9 Å². The number of carbonyl (C=O) groups is 1. The molecular formula is C52H40BrN7O9. The van der Waals surface area contributed by atoms with Crippen molar-refractivity contribution in [2.75, 3.05) is 5.32 Å². The lowest BCUT2D eigenvalue weighted by Crippen LogP contribution is -2.37. The molecule has 344 valence electrons. The van der Waals surface area contributed by atoms with Gasteiger partial charge in [-0.3, -0.25) is 27.9 Å². The minimum atomic E-state index is -1.10. The van der Waals surface area contributed by atoms with Gasteiger partial charge in [0.25, 0.3) is 11.1 Å². The van der Waals surface area contributed by atoms with E-state index in [0.29, 0.717) is 55.1 Å². The van der Waals surface area contributed by atoms with Crippen molar-refractivity contribution in [2.45, 2.75) is 19.1 Å². The summed E-state index contributed by atoms with van der Waals surface area (Å²) in [6.45, 7) is 1.90. The Morgan fingerprint density at radius 3 is 1.71 bits per heavy atom. The number of para-hydroxylation sites is 2. The Kier molecular flexibility index (Phi) is 10.0. The molecule has 69 heavy (non-hydrogen) atoms. The molecule has 16 nitrogen and oxygen atoms in total. The summed E-state index contributed by atoms with van der Waals surface area (Å²) >= 11 is 3.33. The van der Waals surface area contributed by atoms with Gasteiger partial charge in [-0.05, 0) is 88.6 Å². The van der Waals surface area contributed by atoms with E-state index in [0.717, 1.165) is 50.0 Å². The summed E-state index contributed by atoms with van der Waals surface area (Å²) in [6, 6.07) is 38.6. The number of furan rings is 2. The van der Waals surface area contributed by atoms with E-state index in [1.54, 1.807) is 36.9 Å². The van der Waals surface area contributed by atoms with Crippen molar-refractivity contribution in [3.8, 4) is 39.6 Å². The van der Waals surface area contributed by atoms with Crippen molar-refractivity contribution in [3.05, 3.63) is 208 Å². The first-order valence-electron chi connectivity index (χ1n) is 21.8. The smallest absolute Gasteiger partial charge is 0.335 e. The minimum Gasteiger partial charge on any atom is -0.478 e. The summed E-state index contributed by atoms with van der Waals surface area (Å²) in [7, 11) is 6.27. The number of rotatable bonds is 5. The third kappa shape index (κ3) is 6.52. The molecule has 0 fully saturated rings. The normalized spacial score (nSPS) is 14.5. The van der Waals surface area contributed by atoms with Gasteiger partial charge >= 0.3 is 17.3 Å². The molecule has 2 unspecified atom stereocenters. The fourth-order valence-corrected chi connectivity index (χ4v) is 10.1. The summed E-state index contributed by atoms with van der Waals surface area (Å²) in [5.74, 6) is 1.27. The molecule has 0 amide bonds. The van der Waals surface area contributed by atoms with Crippen molar-refractivity contribution >= 4 is 49.4 Å². The Bertz CT molecular complexity index is 4020. The maximum Gasteiger partial charge on any atom is 0.335 e. The van der Waals surface area contributed by atoms with E-state index >= 15 is 0 Å². The van der Waals surface area contributed by atoms with Gasteiger partial charge < -0.3 is 33.1 Å². The molecule has 0 radical (unpaired) electrons. The molecule has 2 aliphatic heterocycles. The predicted molar refractivity (Wildman–Crippen MR) is 263 cm³/mol. The molecule has 10 aromatic rings. The SMILES string of the molecule is Cc1ccc(C2Nc3ccccc3-n3c(-c4ccccc4)c4c(=O)n(C)c(=O)n(C)c4c32)o1.Cn1c(=O)c2c(-c3ccccc3)n3c(c2n(C)c1=O)C(c1ccc(Br)o1)Oc1ccc(C(=O)O)cc1-3. The van der Waals surface area contributed by atoms with Gasteiger partial charge in [0, 0.05) is 28.2 Å². The summed E-state index contributed by atoms with van der Waals surface area (Å²) in [4.78, 5) is 65.1. The number of anilines is 1. The van der Waals surface area contributed by atoms with E-state index in [1.807, 2.05) is 109 Å². The molecule has 0 aliphatic carbocycles.